The van der Waals surface area contributed by atoms with Crippen molar-refractivity contribution in [1.29, 1.82) is 0 Å². The molecule has 215 valence electrons. The van der Waals surface area contributed by atoms with Crippen molar-refractivity contribution in [1.82, 2.24) is 14.8 Å². The fourth-order valence-electron chi connectivity index (χ4n) is 4.94. The number of fused-ring (bicyclic) bond motifs is 2. The minimum Gasteiger partial charge on any atom is -0.645 e. The summed E-state index contributed by atoms with van der Waals surface area (Å²) < 4.78 is 11.4. The van der Waals surface area contributed by atoms with Gasteiger partial charge in [-0.15, -0.1) is 0 Å². The van der Waals surface area contributed by atoms with E-state index in [1.165, 1.54) is 26.4 Å². The first-order chi connectivity index (χ1) is 17.0. The summed E-state index contributed by atoms with van der Waals surface area (Å²) >= 11 is 0. The third kappa shape index (κ3) is 7.49. The Hall–Kier alpha value is -2.15. The molecule has 3 heterocycles. The van der Waals surface area contributed by atoms with Crippen molar-refractivity contribution >= 4 is 17.5 Å². The van der Waals surface area contributed by atoms with Crippen molar-refractivity contribution in [3.63, 3.8) is 0 Å². The van der Waals surface area contributed by atoms with Gasteiger partial charge in [-0.05, 0) is 26.9 Å². The fraction of sp³-hybridized carbons (Fsp3) is 0.720. The third-order valence-electron chi connectivity index (χ3n) is 6.78. The fourth-order valence-corrected chi connectivity index (χ4v) is 4.94. The van der Waals surface area contributed by atoms with Gasteiger partial charge >= 0.3 is 17.1 Å². The van der Waals surface area contributed by atoms with Crippen molar-refractivity contribution in [3.05, 3.63) is 44.3 Å². The van der Waals surface area contributed by atoms with Crippen LogP contribution in [0.5, 0.6) is 0 Å². The van der Waals surface area contributed by atoms with E-state index in [4.69, 9.17) is 14.5 Å². The predicted octanol–water partition coefficient (Wildman–Crippen LogP) is 2.79. The summed E-state index contributed by atoms with van der Waals surface area (Å²) in [7, 11) is 2.91. The molecule has 0 aromatic carbocycles. The molecular weight excluding hydrogens is 544 g/mol. The molecular formula is C25H38CuN6O6. The van der Waals surface area contributed by atoms with E-state index >= 15 is 0 Å². The van der Waals surface area contributed by atoms with Crippen molar-refractivity contribution in [2.45, 2.75) is 76.9 Å². The van der Waals surface area contributed by atoms with E-state index in [-0.39, 0.29) is 62.0 Å². The van der Waals surface area contributed by atoms with Gasteiger partial charge in [0.05, 0.1) is 28.1 Å². The molecule has 0 aliphatic carbocycles. The van der Waals surface area contributed by atoms with Crippen molar-refractivity contribution in [2.24, 2.45) is 0 Å². The molecule has 2 amide bonds. The Morgan fingerprint density at radius 2 is 1.18 bits per heavy atom. The second-order valence-electron chi connectivity index (χ2n) is 11.7. The molecule has 1 aromatic heterocycles. The number of nitrogens with zero attached hydrogens (tertiary/aromatic N) is 6. The van der Waals surface area contributed by atoms with Gasteiger partial charge < -0.3 is 29.7 Å². The molecule has 1 aromatic rings. The maximum absolute atomic E-state index is 13.5. The number of nitro groups is 1. The molecule has 0 saturated carbocycles. The first kappa shape index (κ1) is 32.1. The van der Waals surface area contributed by atoms with Crippen molar-refractivity contribution < 1.29 is 41.1 Å². The Labute approximate surface area is 234 Å². The van der Waals surface area contributed by atoms with E-state index in [0.29, 0.717) is 11.4 Å². The monoisotopic (exact) mass is 581 g/mol. The molecule has 2 aliphatic rings. The Morgan fingerprint density at radius 1 is 0.816 bits per heavy atom. The van der Waals surface area contributed by atoms with Crippen LogP contribution in [0.15, 0.2) is 12.1 Å². The Bertz CT molecular complexity index is 997. The number of aromatic nitrogens is 1. The maximum atomic E-state index is 13.5. The van der Waals surface area contributed by atoms with Gasteiger partial charge in [0.2, 0.25) is 0 Å². The van der Waals surface area contributed by atoms with Crippen molar-refractivity contribution in [3.8, 4) is 0 Å². The van der Waals surface area contributed by atoms with Crippen LogP contribution in [0, 0.1) is 10.1 Å². The first-order valence-corrected chi connectivity index (χ1v) is 12.2. The van der Waals surface area contributed by atoms with E-state index in [1.807, 2.05) is 37.5 Å². The topological polar surface area (TPSA) is 143 Å². The summed E-state index contributed by atoms with van der Waals surface area (Å²) in [4.78, 5) is 46.8. The third-order valence-corrected chi connectivity index (χ3v) is 6.78. The maximum Gasteiger partial charge on any atom is 2.00 e. The first-order valence-electron chi connectivity index (χ1n) is 12.2. The number of hydrogen-bond acceptors (Lipinski definition) is 9. The minimum atomic E-state index is -1.30. The number of methoxy groups -OCH3 is 2. The number of carbonyl (C=O) groups is 2. The van der Waals surface area contributed by atoms with Gasteiger partial charge in [-0.3, -0.25) is 24.9 Å². The van der Waals surface area contributed by atoms with E-state index in [0.717, 1.165) is 0 Å². The van der Waals surface area contributed by atoms with Crippen LogP contribution in [0.3, 0.4) is 0 Å². The van der Waals surface area contributed by atoms with Crippen LogP contribution in [-0.2, 0) is 49.2 Å². The molecule has 38 heavy (non-hydrogen) atoms. The number of rotatable bonds is 3. The SMILES string of the molecule is CO[C@]1(C)CN2Cc3cc([N+](=O)[O-])cc(n3)CN(CC(C)(C)[N-]C1=O)C[C@](C)(OC)C(=O)[N-]C(C)(C)C2.[Cu+2]. The summed E-state index contributed by atoms with van der Waals surface area (Å²) in [5.74, 6) is -0.820. The van der Waals surface area contributed by atoms with Crippen LogP contribution in [-0.4, -0.2) is 94.2 Å². The van der Waals surface area contributed by atoms with E-state index in [1.54, 1.807) is 13.8 Å². The molecule has 3 rings (SSSR count). The van der Waals surface area contributed by atoms with E-state index in [9.17, 15) is 19.7 Å². The van der Waals surface area contributed by atoms with Gasteiger partial charge in [-0.25, -0.2) is 0 Å². The molecule has 0 spiro atoms. The summed E-state index contributed by atoms with van der Waals surface area (Å²) in [5.41, 5.74) is -3.48. The number of amides is 2. The molecule has 1 radical (unpaired) electrons. The average Bonchev–Trinajstić information content (AvgIpc) is 2.76. The summed E-state index contributed by atoms with van der Waals surface area (Å²) in [6.07, 6.45) is 0. The largest absolute Gasteiger partial charge is 2.00 e. The van der Waals surface area contributed by atoms with Crippen LogP contribution in [0.4, 0.5) is 5.69 Å². The molecule has 13 heteroatoms. The number of carbonyl (C=O) groups excluding carboxylic acids is 2. The summed E-state index contributed by atoms with van der Waals surface area (Å²) in [5, 5.41) is 20.9. The smallest absolute Gasteiger partial charge is 0.645 e. The van der Waals surface area contributed by atoms with Crippen LogP contribution < -0.4 is 0 Å². The van der Waals surface area contributed by atoms with Crippen LogP contribution in [0.2, 0.25) is 0 Å². The Balaban J connectivity index is 0.00000507. The quantitative estimate of drug-likeness (QED) is 0.299. The van der Waals surface area contributed by atoms with Crippen LogP contribution >= 0.6 is 0 Å². The Kier molecular flexibility index (Phi) is 9.73. The molecule has 12 nitrogen and oxygen atoms in total. The van der Waals surface area contributed by atoms with Gasteiger partial charge in [0, 0.05) is 52.5 Å². The summed E-state index contributed by atoms with van der Waals surface area (Å²) in [6.45, 7) is 11.7. The number of hydrogen-bond donors (Lipinski definition) is 0. The van der Waals surface area contributed by atoms with Crippen LogP contribution in [0.25, 0.3) is 10.6 Å². The predicted molar refractivity (Wildman–Crippen MR) is 137 cm³/mol. The normalized spacial score (nSPS) is 31.4. The number of pyridine rings is 1. The zero-order chi connectivity index (χ0) is 27.8. The number of ether oxygens (including phenoxy) is 2. The van der Waals surface area contributed by atoms with Gasteiger partial charge in [0.15, 0.2) is 0 Å². The Morgan fingerprint density at radius 3 is 1.50 bits per heavy atom. The molecule has 0 fully saturated rings. The minimum absolute atomic E-state index is 0. The van der Waals surface area contributed by atoms with Gasteiger partial charge in [0.1, 0.15) is 11.2 Å². The zero-order valence-electron chi connectivity index (χ0n) is 23.3. The van der Waals surface area contributed by atoms with Crippen molar-refractivity contribution in [2.75, 3.05) is 40.4 Å². The molecule has 4 bridgehead atoms. The molecule has 2 aliphatic heterocycles. The zero-order valence-corrected chi connectivity index (χ0v) is 24.3. The van der Waals surface area contributed by atoms with E-state index in [2.05, 4.69) is 10.6 Å². The van der Waals surface area contributed by atoms with Crippen LogP contribution in [0.1, 0.15) is 52.9 Å². The van der Waals surface area contributed by atoms with Gasteiger partial charge in [-0.2, -0.15) is 0 Å². The molecule has 2 unspecified atom stereocenters. The van der Waals surface area contributed by atoms with Gasteiger partial charge in [0.25, 0.3) is 5.69 Å². The molecule has 0 N–H and O–H groups in total. The standard InChI is InChI=1S/C25H40N6O6.Cu/c1-22(2)13-29-11-17-9-19(31(34)35)10-18(26-17)12-30(16-24(5,36-7)20(32)27-22)14-23(3,4)28-21(33)25(6,15-29)37-8;/h9-10H,11-16H2,1-8H3,(H2,27,28,32,33);/q;+2/p-2/t24-,25+;. The van der Waals surface area contributed by atoms with E-state index < -0.39 is 39.0 Å². The summed E-state index contributed by atoms with van der Waals surface area (Å²) in [6, 6.07) is 2.88. The average molecular weight is 582 g/mol. The van der Waals surface area contributed by atoms with Gasteiger partial charge in [-0.1, -0.05) is 38.8 Å². The molecule has 0 saturated heterocycles. The second kappa shape index (κ2) is 11.5. The second-order valence-corrected chi connectivity index (χ2v) is 11.7. The molecule has 4 atom stereocenters.